The van der Waals surface area contributed by atoms with Gasteiger partial charge in [0.15, 0.2) is 0 Å². The van der Waals surface area contributed by atoms with Gasteiger partial charge < -0.3 is 10.2 Å². The predicted octanol–water partition coefficient (Wildman–Crippen LogP) is 3.15. The van der Waals surface area contributed by atoms with E-state index in [2.05, 4.69) is 68.3 Å². The summed E-state index contributed by atoms with van der Waals surface area (Å²) in [5.41, 5.74) is 7.07. The quantitative estimate of drug-likeness (QED) is 0.659. The van der Waals surface area contributed by atoms with Crippen molar-refractivity contribution in [2.24, 2.45) is 0 Å². The highest BCUT2D eigenvalue weighted by molar-refractivity contribution is 5.95. The minimum Gasteiger partial charge on any atom is -0.368 e. The highest BCUT2D eigenvalue weighted by Gasteiger charge is 2.36. The number of nitriles is 1. The highest BCUT2D eigenvalue weighted by atomic mass is 15.4. The number of hydrogen-bond acceptors (Lipinski definition) is 6. The number of benzene rings is 2. The molecule has 1 aromatic heterocycles. The first kappa shape index (κ1) is 21.5. The topological polar surface area (TPSA) is 58.4 Å². The summed E-state index contributed by atoms with van der Waals surface area (Å²) in [6.07, 6.45) is 2.92. The van der Waals surface area contributed by atoms with Crippen molar-refractivity contribution in [3.05, 3.63) is 70.9 Å². The van der Waals surface area contributed by atoms with Crippen LogP contribution in [-0.4, -0.2) is 66.1 Å². The second-order valence-electron chi connectivity index (χ2n) is 10.1. The van der Waals surface area contributed by atoms with E-state index in [1.54, 1.807) is 6.20 Å². The molecule has 3 aromatic rings. The van der Waals surface area contributed by atoms with Crippen LogP contribution in [0.3, 0.4) is 0 Å². The van der Waals surface area contributed by atoms with Crippen molar-refractivity contribution in [2.45, 2.75) is 38.5 Å². The molecule has 34 heavy (non-hydrogen) atoms. The summed E-state index contributed by atoms with van der Waals surface area (Å²) < 4.78 is 0. The van der Waals surface area contributed by atoms with Crippen molar-refractivity contribution in [1.29, 1.82) is 5.26 Å². The molecular formula is C28H32N6. The number of hydrogen-bond donors (Lipinski definition) is 1. The molecule has 0 saturated carbocycles. The maximum Gasteiger partial charge on any atom is 0.101 e. The summed E-state index contributed by atoms with van der Waals surface area (Å²) >= 11 is 0. The number of fused-ring (bicyclic) bond motifs is 3. The Hall–Kier alpha value is -2.98. The van der Waals surface area contributed by atoms with Crippen LogP contribution in [-0.2, 0) is 19.5 Å². The summed E-state index contributed by atoms with van der Waals surface area (Å²) in [5, 5.41) is 14.1. The first-order valence-corrected chi connectivity index (χ1v) is 12.5. The zero-order valence-electron chi connectivity index (χ0n) is 19.9. The molecule has 3 aliphatic rings. The minimum atomic E-state index is 0.498. The average molecular weight is 453 g/mol. The van der Waals surface area contributed by atoms with E-state index in [4.69, 9.17) is 0 Å². The van der Waals surface area contributed by atoms with Gasteiger partial charge in [-0.15, -0.1) is 0 Å². The third-order valence-electron chi connectivity index (χ3n) is 7.87. The molecule has 0 bridgehead atoms. The van der Waals surface area contributed by atoms with E-state index in [9.17, 15) is 5.26 Å². The zero-order chi connectivity index (χ0) is 23.1. The normalized spacial score (nSPS) is 23.4. The van der Waals surface area contributed by atoms with E-state index in [-0.39, 0.29) is 0 Å². The molecule has 2 aromatic carbocycles. The lowest BCUT2D eigenvalue weighted by atomic mass is 9.97. The van der Waals surface area contributed by atoms with Gasteiger partial charge in [-0.05, 0) is 60.8 Å². The van der Waals surface area contributed by atoms with E-state index in [0.717, 1.165) is 69.7 Å². The Morgan fingerprint density at radius 3 is 2.94 bits per heavy atom. The molecule has 6 rings (SSSR count). The predicted molar refractivity (Wildman–Crippen MR) is 136 cm³/mol. The molecule has 2 fully saturated rings. The molecular weight excluding hydrogens is 420 g/mol. The summed E-state index contributed by atoms with van der Waals surface area (Å²) in [6, 6.07) is 18.5. The SMILES string of the molecule is CC1CN(c2ccc(C#N)c3ncccc23)CC2CN(Cc3ccc4c(c3)CNCC4)CCN12. The van der Waals surface area contributed by atoms with E-state index in [1.165, 1.54) is 22.4 Å². The van der Waals surface area contributed by atoms with Crippen LogP contribution in [0.25, 0.3) is 10.9 Å². The van der Waals surface area contributed by atoms with Gasteiger partial charge in [0.05, 0.1) is 11.1 Å². The summed E-state index contributed by atoms with van der Waals surface area (Å²) in [7, 11) is 0. The lowest BCUT2D eigenvalue weighted by Gasteiger charge is -2.51. The van der Waals surface area contributed by atoms with Crippen molar-refractivity contribution in [2.75, 3.05) is 44.2 Å². The van der Waals surface area contributed by atoms with Gasteiger partial charge in [-0.3, -0.25) is 14.8 Å². The van der Waals surface area contributed by atoms with Gasteiger partial charge in [-0.1, -0.05) is 18.2 Å². The Balaban J connectivity index is 1.21. The second kappa shape index (κ2) is 8.99. The fourth-order valence-corrected chi connectivity index (χ4v) is 6.18. The van der Waals surface area contributed by atoms with Crippen LogP contribution in [0.15, 0.2) is 48.7 Å². The largest absolute Gasteiger partial charge is 0.368 e. The van der Waals surface area contributed by atoms with Crippen LogP contribution >= 0.6 is 0 Å². The molecule has 4 heterocycles. The summed E-state index contributed by atoms with van der Waals surface area (Å²) in [4.78, 5) is 12.4. The number of pyridine rings is 1. The lowest BCUT2D eigenvalue weighted by molar-refractivity contribution is 0.0317. The van der Waals surface area contributed by atoms with Crippen LogP contribution in [0, 0.1) is 11.3 Å². The molecule has 2 saturated heterocycles. The summed E-state index contributed by atoms with van der Waals surface area (Å²) in [5.74, 6) is 0. The molecule has 0 amide bonds. The second-order valence-corrected chi connectivity index (χ2v) is 10.1. The molecule has 2 atom stereocenters. The van der Waals surface area contributed by atoms with Crippen LogP contribution < -0.4 is 10.2 Å². The first-order chi connectivity index (χ1) is 16.7. The molecule has 2 unspecified atom stereocenters. The molecule has 174 valence electrons. The fraction of sp³-hybridized carbons (Fsp3) is 0.429. The number of piperazine rings is 2. The van der Waals surface area contributed by atoms with Crippen molar-refractivity contribution in [3.8, 4) is 6.07 Å². The van der Waals surface area contributed by atoms with E-state index < -0.39 is 0 Å². The molecule has 3 aliphatic heterocycles. The van der Waals surface area contributed by atoms with E-state index in [1.807, 2.05) is 12.1 Å². The van der Waals surface area contributed by atoms with E-state index in [0.29, 0.717) is 17.6 Å². The van der Waals surface area contributed by atoms with Gasteiger partial charge >= 0.3 is 0 Å². The lowest BCUT2D eigenvalue weighted by Crippen LogP contribution is -2.65. The third kappa shape index (κ3) is 3.94. The van der Waals surface area contributed by atoms with E-state index >= 15 is 0 Å². The Morgan fingerprint density at radius 2 is 2.03 bits per heavy atom. The van der Waals surface area contributed by atoms with Gasteiger partial charge in [0.1, 0.15) is 6.07 Å². The van der Waals surface area contributed by atoms with Crippen LogP contribution in [0.4, 0.5) is 5.69 Å². The van der Waals surface area contributed by atoms with Crippen molar-refractivity contribution >= 4 is 16.6 Å². The van der Waals surface area contributed by atoms with Crippen molar-refractivity contribution in [3.63, 3.8) is 0 Å². The first-order valence-electron chi connectivity index (χ1n) is 12.5. The monoisotopic (exact) mass is 452 g/mol. The third-order valence-corrected chi connectivity index (χ3v) is 7.87. The Bertz CT molecular complexity index is 1250. The maximum atomic E-state index is 9.53. The average Bonchev–Trinajstić information content (AvgIpc) is 2.87. The molecule has 0 spiro atoms. The highest BCUT2D eigenvalue weighted by Crippen LogP contribution is 2.32. The van der Waals surface area contributed by atoms with Gasteiger partial charge in [0.2, 0.25) is 0 Å². The number of anilines is 1. The standard InChI is InChI=1S/C28H32N6/c1-20-16-33(27-7-6-23(14-29)28-26(27)3-2-9-31-28)19-25-18-32(11-12-34(20)25)17-21-4-5-22-8-10-30-15-24(22)13-21/h2-7,9,13,20,25,30H,8,10-12,15-19H2,1H3. The van der Waals surface area contributed by atoms with Crippen LogP contribution in [0.1, 0.15) is 29.2 Å². The molecule has 1 N–H and O–H groups in total. The number of aromatic nitrogens is 1. The Morgan fingerprint density at radius 1 is 1.09 bits per heavy atom. The van der Waals surface area contributed by atoms with Gasteiger partial charge in [-0.25, -0.2) is 0 Å². The number of nitrogens with zero attached hydrogens (tertiary/aromatic N) is 5. The number of rotatable bonds is 3. The Labute approximate surface area is 201 Å². The van der Waals surface area contributed by atoms with Crippen LogP contribution in [0.2, 0.25) is 0 Å². The van der Waals surface area contributed by atoms with Gasteiger partial charge in [0.25, 0.3) is 0 Å². The van der Waals surface area contributed by atoms with Crippen molar-refractivity contribution < 1.29 is 0 Å². The van der Waals surface area contributed by atoms with Crippen molar-refractivity contribution in [1.82, 2.24) is 20.1 Å². The van der Waals surface area contributed by atoms with Gasteiger partial charge in [0, 0.05) is 75.2 Å². The molecule has 0 radical (unpaired) electrons. The zero-order valence-corrected chi connectivity index (χ0v) is 19.9. The van der Waals surface area contributed by atoms with Gasteiger partial charge in [-0.2, -0.15) is 5.26 Å². The number of nitrogens with one attached hydrogen (secondary N) is 1. The summed E-state index contributed by atoms with van der Waals surface area (Å²) in [6.45, 7) is 10.8. The minimum absolute atomic E-state index is 0.498. The smallest absolute Gasteiger partial charge is 0.101 e. The Kier molecular flexibility index (Phi) is 5.70. The van der Waals surface area contributed by atoms with Crippen LogP contribution in [0.5, 0.6) is 0 Å². The maximum absolute atomic E-state index is 9.53. The fourth-order valence-electron chi connectivity index (χ4n) is 6.18. The molecule has 6 heteroatoms. The molecule has 6 nitrogen and oxygen atoms in total. The molecule has 0 aliphatic carbocycles.